The first kappa shape index (κ1) is 22.4. The van der Waals surface area contributed by atoms with Gasteiger partial charge in [-0.1, -0.05) is 11.8 Å². The van der Waals surface area contributed by atoms with Crippen LogP contribution in [0.3, 0.4) is 0 Å². The predicted octanol–water partition coefficient (Wildman–Crippen LogP) is 0.669. The maximum Gasteiger partial charge on any atom is 0.288 e. The Morgan fingerprint density at radius 3 is 2.60 bits per heavy atom. The minimum Gasteiger partial charge on any atom is -0.493 e. The maximum atomic E-state index is 13.1. The van der Waals surface area contributed by atoms with E-state index in [1.807, 2.05) is 0 Å². The van der Waals surface area contributed by atoms with E-state index in [0.29, 0.717) is 18.6 Å². The van der Waals surface area contributed by atoms with Crippen molar-refractivity contribution in [3.8, 4) is 11.5 Å². The van der Waals surface area contributed by atoms with Crippen molar-refractivity contribution < 1.29 is 32.3 Å². The fourth-order valence-electron chi connectivity index (χ4n) is 3.41. The van der Waals surface area contributed by atoms with Gasteiger partial charge in [0.05, 0.1) is 24.9 Å². The quantitative estimate of drug-likeness (QED) is 0.604. The number of thioether (sulfide) groups is 1. The molecule has 2 aliphatic heterocycles. The molecule has 2 saturated heterocycles. The highest BCUT2D eigenvalue weighted by molar-refractivity contribution is 8.14. The van der Waals surface area contributed by atoms with E-state index in [9.17, 15) is 22.8 Å². The normalized spacial score (nSPS) is 19.9. The van der Waals surface area contributed by atoms with Gasteiger partial charge in [0.1, 0.15) is 6.04 Å². The van der Waals surface area contributed by atoms with Crippen LogP contribution in [0, 0.1) is 0 Å². The lowest BCUT2D eigenvalue weighted by Crippen LogP contribution is -2.47. The molecule has 1 unspecified atom stereocenters. The van der Waals surface area contributed by atoms with E-state index in [2.05, 4.69) is 5.32 Å². The highest BCUT2D eigenvalue weighted by atomic mass is 32.2. The number of imide groups is 1. The van der Waals surface area contributed by atoms with E-state index < -0.39 is 22.0 Å². The van der Waals surface area contributed by atoms with Crippen molar-refractivity contribution in [3.63, 3.8) is 0 Å². The molecule has 3 amide bonds. The van der Waals surface area contributed by atoms with E-state index in [4.69, 9.17) is 9.47 Å². The number of nitrogens with one attached hydrogen (secondary N) is 1. The molecule has 10 nitrogen and oxygen atoms in total. The zero-order valence-corrected chi connectivity index (χ0v) is 18.3. The molecule has 2 heterocycles. The highest BCUT2D eigenvalue weighted by Gasteiger charge is 2.40. The van der Waals surface area contributed by atoms with E-state index in [0.717, 1.165) is 16.7 Å². The first-order chi connectivity index (χ1) is 14.3. The number of carbonyl (C=O) groups excluding carboxylic acids is 3. The van der Waals surface area contributed by atoms with Gasteiger partial charge in [0.15, 0.2) is 11.5 Å². The standard InChI is InChI=1S/C18H23N3O7S2/c1-27-14-6-5-12(10-15(14)28-2)30(25,26)21-8-3-4-13(21)17(23)19-7-9-20-16(22)11-29-18(20)24/h5-6,10,13H,3-4,7-9,11H2,1-2H3,(H,19,23). The number of ether oxygens (including phenoxy) is 2. The molecule has 12 heteroatoms. The van der Waals surface area contributed by atoms with Gasteiger partial charge in [0.25, 0.3) is 5.24 Å². The Balaban J connectivity index is 1.69. The van der Waals surface area contributed by atoms with Gasteiger partial charge in [0.2, 0.25) is 21.8 Å². The SMILES string of the molecule is COc1ccc(S(=O)(=O)N2CCCC2C(=O)NCCN2C(=O)CSC2=O)cc1OC. The molecule has 0 saturated carbocycles. The lowest BCUT2D eigenvalue weighted by molar-refractivity contribution is -0.126. The summed E-state index contributed by atoms with van der Waals surface area (Å²) in [5.74, 6) is 0.0289. The number of nitrogens with zero attached hydrogens (tertiary/aromatic N) is 2. The van der Waals surface area contributed by atoms with E-state index >= 15 is 0 Å². The Morgan fingerprint density at radius 2 is 1.97 bits per heavy atom. The van der Waals surface area contributed by atoms with Crippen LogP contribution in [0.15, 0.2) is 23.1 Å². The second kappa shape index (κ2) is 9.23. The molecule has 164 valence electrons. The van der Waals surface area contributed by atoms with Crippen molar-refractivity contribution in [1.29, 1.82) is 0 Å². The Morgan fingerprint density at radius 1 is 1.23 bits per heavy atom. The molecule has 3 rings (SSSR count). The molecule has 2 fully saturated rings. The van der Waals surface area contributed by atoms with Crippen LogP contribution in [0.25, 0.3) is 0 Å². The second-order valence-electron chi connectivity index (χ2n) is 6.68. The lowest BCUT2D eigenvalue weighted by atomic mass is 10.2. The molecule has 0 aromatic heterocycles. The molecule has 0 aliphatic carbocycles. The minimum atomic E-state index is -3.93. The van der Waals surface area contributed by atoms with E-state index in [1.165, 1.54) is 36.7 Å². The summed E-state index contributed by atoms with van der Waals surface area (Å²) in [4.78, 5) is 36.9. The van der Waals surface area contributed by atoms with E-state index in [1.54, 1.807) is 0 Å². The fourth-order valence-corrected chi connectivity index (χ4v) is 5.83. The summed E-state index contributed by atoms with van der Waals surface area (Å²) in [6, 6.07) is 3.41. The van der Waals surface area contributed by atoms with E-state index in [-0.39, 0.29) is 47.2 Å². The van der Waals surface area contributed by atoms with Gasteiger partial charge in [0, 0.05) is 25.7 Å². The van der Waals surface area contributed by atoms with Crippen LogP contribution in [0.2, 0.25) is 0 Å². The summed E-state index contributed by atoms with van der Waals surface area (Å²) in [5.41, 5.74) is 0. The minimum absolute atomic E-state index is 0.00475. The molecule has 1 aromatic carbocycles. The molecule has 1 N–H and O–H groups in total. The Hall–Kier alpha value is -2.31. The number of hydrogen-bond acceptors (Lipinski definition) is 8. The van der Waals surface area contributed by atoms with Crippen LogP contribution >= 0.6 is 11.8 Å². The molecule has 0 radical (unpaired) electrons. The summed E-state index contributed by atoms with van der Waals surface area (Å²) >= 11 is 0.923. The topological polar surface area (TPSA) is 122 Å². The summed E-state index contributed by atoms with van der Waals surface area (Å²) in [7, 11) is -1.07. The van der Waals surface area contributed by atoms with Gasteiger partial charge in [-0.25, -0.2) is 8.42 Å². The molecule has 0 bridgehead atoms. The number of benzene rings is 1. The third-order valence-electron chi connectivity index (χ3n) is 4.94. The van der Waals surface area contributed by atoms with Crippen molar-refractivity contribution in [3.05, 3.63) is 18.2 Å². The third-order valence-corrected chi connectivity index (χ3v) is 7.71. The average Bonchev–Trinajstić information content (AvgIpc) is 3.36. The lowest BCUT2D eigenvalue weighted by Gasteiger charge is -2.24. The predicted molar refractivity (Wildman–Crippen MR) is 109 cm³/mol. The Kier molecular flexibility index (Phi) is 6.88. The molecular formula is C18H23N3O7S2. The zero-order chi connectivity index (χ0) is 21.9. The summed E-state index contributed by atoms with van der Waals surface area (Å²) < 4.78 is 37.8. The largest absolute Gasteiger partial charge is 0.493 e. The van der Waals surface area contributed by atoms with Crippen LogP contribution in [-0.2, 0) is 19.6 Å². The number of rotatable bonds is 8. The molecule has 1 aromatic rings. The molecular weight excluding hydrogens is 434 g/mol. The van der Waals surface area contributed by atoms with Crippen molar-refractivity contribution in [1.82, 2.24) is 14.5 Å². The van der Waals surface area contributed by atoms with Gasteiger partial charge in [-0.3, -0.25) is 19.3 Å². The summed E-state index contributed by atoms with van der Waals surface area (Å²) in [6.07, 6.45) is 0.931. The number of sulfonamides is 1. The monoisotopic (exact) mass is 457 g/mol. The molecule has 0 spiro atoms. The highest BCUT2D eigenvalue weighted by Crippen LogP contribution is 2.33. The molecule has 30 heavy (non-hydrogen) atoms. The van der Waals surface area contributed by atoms with Crippen LogP contribution in [0.4, 0.5) is 4.79 Å². The van der Waals surface area contributed by atoms with Crippen LogP contribution < -0.4 is 14.8 Å². The van der Waals surface area contributed by atoms with Crippen LogP contribution in [0.5, 0.6) is 11.5 Å². The van der Waals surface area contributed by atoms with Crippen molar-refractivity contribution in [2.45, 2.75) is 23.8 Å². The smallest absolute Gasteiger partial charge is 0.288 e. The van der Waals surface area contributed by atoms with Gasteiger partial charge in [-0.2, -0.15) is 4.31 Å². The van der Waals surface area contributed by atoms with Crippen LogP contribution in [-0.4, -0.2) is 80.3 Å². The molecule has 1 atom stereocenters. The van der Waals surface area contributed by atoms with Gasteiger partial charge >= 0.3 is 0 Å². The number of methoxy groups -OCH3 is 2. The van der Waals surface area contributed by atoms with Crippen molar-refractivity contribution in [2.75, 3.05) is 39.6 Å². The summed E-state index contributed by atoms with van der Waals surface area (Å²) in [6.45, 7) is 0.345. The first-order valence-electron chi connectivity index (χ1n) is 9.28. The molecule has 2 aliphatic rings. The fraction of sp³-hybridized carbons (Fsp3) is 0.500. The number of carbonyl (C=O) groups is 3. The zero-order valence-electron chi connectivity index (χ0n) is 16.6. The third kappa shape index (κ3) is 4.40. The summed E-state index contributed by atoms with van der Waals surface area (Å²) in [5, 5.41) is 2.30. The first-order valence-corrected chi connectivity index (χ1v) is 11.7. The second-order valence-corrected chi connectivity index (χ2v) is 9.50. The Bertz CT molecular complexity index is 935. The van der Waals surface area contributed by atoms with Crippen molar-refractivity contribution in [2.24, 2.45) is 0 Å². The van der Waals surface area contributed by atoms with Crippen molar-refractivity contribution >= 4 is 38.8 Å². The average molecular weight is 458 g/mol. The number of amides is 3. The van der Waals surface area contributed by atoms with Crippen LogP contribution in [0.1, 0.15) is 12.8 Å². The number of hydrogen-bond donors (Lipinski definition) is 1. The van der Waals surface area contributed by atoms with Gasteiger partial charge < -0.3 is 14.8 Å². The van der Waals surface area contributed by atoms with Gasteiger partial charge in [-0.15, -0.1) is 0 Å². The van der Waals surface area contributed by atoms with Gasteiger partial charge in [-0.05, 0) is 25.0 Å². The maximum absolute atomic E-state index is 13.1. The Labute approximate surface area is 178 Å².